The number of amides is 1. The number of benzene rings is 2. The van der Waals surface area contributed by atoms with E-state index >= 15 is 0 Å². The first-order valence-electron chi connectivity index (χ1n) is 10.5. The number of para-hydroxylation sites is 1. The molecule has 1 aliphatic heterocycles. The number of piperazine rings is 1. The summed E-state index contributed by atoms with van der Waals surface area (Å²) in [6.45, 7) is 4.16. The Morgan fingerprint density at radius 1 is 1.06 bits per heavy atom. The normalized spacial score (nSPS) is 14.9. The van der Waals surface area contributed by atoms with Gasteiger partial charge in [-0.15, -0.1) is 0 Å². The van der Waals surface area contributed by atoms with Crippen molar-refractivity contribution in [1.82, 2.24) is 14.4 Å². The zero-order valence-electron chi connectivity index (χ0n) is 18.3. The topological polar surface area (TPSA) is 93.0 Å². The molecule has 33 heavy (non-hydrogen) atoms. The molecule has 1 aromatic heterocycles. The summed E-state index contributed by atoms with van der Waals surface area (Å²) >= 11 is 0. The van der Waals surface area contributed by atoms with Crippen molar-refractivity contribution in [3.8, 4) is 5.75 Å². The van der Waals surface area contributed by atoms with Gasteiger partial charge in [0.05, 0.1) is 5.56 Å². The lowest BCUT2D eigenvalue weighted by atomic mass is 10.1. The predicted octanol–water partition coefficient (Wildman–Crippen LogP) is 3.16. The number of hydrogen-bond donors (Lipinski definition) is 0. The van der Waals surface area contributed by atoms with E-state index in [1.165, 1.54) is 16.4 Å². The largest absolute Gasteiger partial charge is 0.488 e. The van der Waals surface area contributed by atoms with Gasteiger partial charge in [-0.25, -0.2) is 12.8 Å². The Hall–Kier alpha value is -3.24. The summed E-state index contributed by atoms with van der Waals surface area (Å²) in [6.07, 6.45) is 0. The van der Waals surface area contributed by atoms with Gasteiger partial charge in [-0.3, -0.25) is 4.79 Å². The summed E-state index contributed by atoms with van der Waals surface area (Å²) in [5, 5.41) is 3.74. The fraction of sp³-hybridized carbons (Fsp3) is 0.304. The molecular weight excluding hydrogens is 449 g/mol. The van der Waals surface area contributed by atoms with Crippen LogP contribution >= 0.6 is 0 Å². The van der Waals surface area contributed by atoms with Crippen LogP contribution in [0, 0.1) is 19.7 Å². The monoisotopic (exact) mass is 473 g/mol. The summed E-state index contributed by atoms with van der Waals surface area (Å²) in [4.78, 5) is 14.9. The van der Waals surface area contributed by atoms with E-state index in [4.69, 9.17) is 9.26 Å². The Morgan fingerprint density at radius 2 is 1.73 bits per heavy atom. The lowest BCUT2D eigenvalue weighted by Gasteiger charge is -2.34. The molecule has 2 heterocycles. The molecule has 0 spiro atoms. The molecule has 8 nitrogen and oxygen atoms in total. The molecule has 4 rings (SSSR count). The lowest BCUT2D eigenvalue weighted by molar-refractivity contribution is 0.0693. The SMILES string of the molecule is Cc1noc(C)c1S(=O)(=O)N1CCN(C(=O)c2ccccc2OCc2ccc(F)cc2)CC1. The number of rotatable bonds is 6. The van der Waals surface area contributed by atoms with Crippen LogP contribution in [0.25, 0.3) is 0 Å². The van der Waals surface area contributed by atoms with E-state index in [1.54, 1.807) is 55.1 Å². The second kappa shape index (κ2) is 9.32. The van der Waals surface area contributed by atoms with Crippen LogP contribution in [0.15, 0.2) is 57.9 Å². The maximum atomic E-state index is 13.2. The van der Waals surface area contributed by atoms with Crippen molar-refractivity contribution in [1.29, 1.82) is 0 Å². The molecule has 1 fully saturated rings. The Bertz CT molecular complexity index is 1230. The van der Waals surface area contributed by atoms with Gasteiger partial charge in [0.25, 0.3) is 5.91 Å². The second-order valence-electron chi connectivity index (χ2n) is 7.76. The van der Waals surface area contributed by atoms with Gasteiger partial charge in [-0.1, -0.05) is 29.4 Å². The molecule has 0 saturated carbocycles. The van der Waals surface area contributed by atoms with Crippen LogP contribution in [0.2, 0.25) is 0 Å². The van der Waals surface area contributed by atoms with E-state index in [1.807, 2.05) is 0 Å². The number of nitrogens with zero attached hydrogens (tertiary/aromatic N) is 3. The number of carbonyl (C=O) groups excluding carboxylic acids is 1. The molecule has 1 amide bonds. The standard InChI is InChI=1S/C23H24FN3O5S/c1-16-22(17(2)32-25-16)33(29,30)27-13-11-26(12-14-27)23(28)20-5-3-4-6-21(20)31-15-18-7-9-19(24)10-8-18/h3-10H,11-15H2,1-2H3. The molecule has 2 aromatic carbocycles. The Labute approximate surface area is 191 Å². The zero-order chi connectivity index (χ0) is 23.6. The number of ether oxygens (including phenoxy) is 1. The summed E-state index contributed by atoms with van der Waals surface area (Å²) < 4.78 is 51.3. The van der Waals surface area contributed by atoms with E-state index in [2.05, 4.69) is 5.16 Å². The molecule has 0 unspecified atom stereocenters. The fourth-order valence-electron chi connectivity index (χ4n) is 3.78. The van der Waals surface area contributed by atoms with Crippen LogP contribution in [0.5, 0.6) is 5.75 Å². The van der Waals surface area contributed by atoms with Gasteiger partial charge in [0.2, 0.25) is 10.0 Å². The van der Waals surface area contributed by atoms with Crippen LogP contribution in [-0.4, -0.2) is 54.9 Å². The smallest absolute Gasteiger partial charge is 0.257 e. The number of hydrogen-bond acceptors (Lipinski definition) is 6. The van der Waals surface area contributed by atoms with E-state index in [0.717, 1.165) is 5.56 Å². The molecule has 0 aliphatic carbocycles. The highest BCUT2D eigenvalue weighted by Gasteiger charge is 2.34. The first kappa shape index (κ1) is 22.9. The van der Waals surface area contributed by atoms with Gasteiger partial charge in [0.15, 0.2) is 5.76 Å². The van der Waals surface area contributed by atoms with Crippen molar-refractivity contribution in [2.75, 3.05) is 26.2 Å². The number of halogens is 1. The average Bonchev–Trinajstić information content (AvgIpc) is 3.17. The van der Waals surface area contributed by atoms with Crippen LogP contribution in [0.4, 0.5) is 4.39 Å². The van der Waals surface area contributed by atoms with E-state index in [0.29, 0.717) is 17.0 Å². The molecule has 0 atom stereocenters. The van der Waals surface area contributed by atoms with Gasteiger partial charge in [0, 0.05) is 26.2 Å². The minimum Gasteiger partial charge on any atom is -0.488 e. The highest BCUT2D eigenvalue weighted by atomic mass is 32.2. The second-order valence-corrected chi connectivity index (χ2v) is 9.64. The number of aromatic nitrogens is 1. The molecule has 0 N–H and O–H groups in total. The fourth-order valence-corrected chi connectivity index (χ4v) is 5.50. The third-order valence-electron chi connectivity index (χ3n) is 5.52. The third kappa shape index (κ3) is 4.76. The summed E-state index contributed by atoms with van der Waals surface area (Å²) in [6, 6.07) is 12.8. The quantitative estimate of drug-likeness (QED) is 0.546. The van der Waals surface area contributed by atoms with Gasteiger partial charge in [0.1, 0.15) is 28.8 Å². The van der Waals surface area contributed by atoms with Crippen molar-refractivity contribution in [2.45, 2.75) is 25.3 Å². The molecule has 0 radical (unpaired) electrons. The van der Waals surface area contributed by atoms with Crippen LogP contribution < -0.4 is 4.74 Å². The highest BCUT2D eigenvalue weighted by Crippen LogP contribution is 2.26. The first-order valence-corrected chi connectivity index (χ1v) is 11.9. The van der Waals surface area contributed by atoms with Gasteiger partial charge in [-0.05, 0) is 43.7 Å². The molecular formula is C23H24FN3O5S. The zero-order valence-corrected chi connectivity index (χ0v) is 19.1. The third-order valence-corrected chi connectivity index (χ3v) is 7.66. The van der Waals surface area contributed by atoms with Crippen molar-refractivity contribution < 1.29 is 26.9 Å². The Morgan fingerprint density at radius 3 is 2.36 bits per heavy atom. The van der Waals surface area contributed by atoms with Gasteiger partial charge < -0.3 is 14.2 Å². The summed E-state index contributed by atoms with van der Waals surface area (Å²) in [5.74, 6) is 0.0970. The van der Waals surface area contributed by atoms with Crippen LogP contribution in [0.3, 0.4) is 0 Å². The van der Waals surface area contributed by atoms with Crippen molar-refractivity contribution in [2.24, 2.45) is 0 Å². The van der Waals surface area contributed by atoms with Gasteiger partial charge >= 0.3 is 0 Å². The van der Waals surface area contributed by atoms with Crippen LogP contribution in [-0.2, 0) is 16.6 Å². The van der Waals surface area contributed by atoms with Crippen LogP contribution in [0.1, 0.15) is 27.4 Å². The maximum Gasteiger partial charge on any atom is 0.257 e. The van der Waals surface area contributed by atoms with Crippen molar-refractivity contribution in [3.05, 3.63) is 76.9 Å². The molecule has 174 valence electrons. The minimum absolute atomic E-state index is 0.0850. The molecule has 10 heteroatoms. The van der Waals surface area contributed by atoms with E-state index < -0.39 is 10.0 Å². The van der Waals surface area contributed by atoms with Crippen molar-refractivity contribution in [3.63, 3.8) is 0 Å². The minimum atomic E-state index is -3.76. The van der Waals surface area contributed by atoms with Gasteiger partial charge in [-0.2, -0.15) is 4.31 Å². The summed E-state index contributed by atoms with van der Waals surface area (Å²) in [5.41, 5.74) is 1.48. The van der Waals surface area contributed by atoms with Crippen molar-refractivity contribution >= 4 is 15.9 Å². The Balaban J connectivity index is 1.43. The molecule has 0 bridgehead atoms. The molecule has 1 aliphatic rings. The molecule has 1 saturated heterocycles. The first-order chi connectivity index (χ1) is 15.8. The maximum absolute atomic E-state index is 13.2. The lowest BCUT2D eigenvalue weighted by Crippen LogP contribution is -2.50. The van der Waals surface area contributed by atoms with E-state index in [-0.39, 0.29) is 55.2 Å². The van der Waals surface area contributed by atoms with E-state index in [9.17, 15) is 17.6 Å². The average molecular weight is 474 g/mol. The highest BCUT2D eigenvalue weighted by molar-refractivity contribution is 7.89. The molecule has 3 aromatic rings. The summed E-state index contributed by atoms with van der Waals surface area (Å²) in [7, 11) is -3.76. The number of carbonyl (C=O) groups is 1. The Kier molecular flexibility index (Phi) is 6.48. The number of aryl methyl sites for hydroxylation is 2. The number of sulfonamides is 1. The predicted molar refractivity (Wildman–Crippen MR) is 118 cm³/mol.